The largest absolute Gasteiger partial charge is 0.464 e. The van der Waals surface area contributed by atoms with Gasteiger partial charge in [-0.3, -0.25) is 4.79 Å². The number of rotatable bonds is 7. The van der Waals surface area contributed by atoms with Gasteiger partial charge in [0.15, 0.2) is 11.5 Å². The molecule has 1 aromatic carbocycles. The molecule has 1 aromatic rings. The minimum Gasteiger partial charge on any atom is -0.464 e. The molecule has 1 N–H and O–H groups in total. The predicted molar refractivity (Wildman–Crippen MR) is 84.5 cm³/mol. The van der Waals surface area contributed by atoms with Gasteiger partial charge in [-0.15, -0.1) is 0 Å². The van der Waals surface area contributed by atoms with E-state index in [4.69, 9.17) is 14.2 Å². The van der Waals surface area contributed by atoms with Crippen LogP contribution in [-0.2, 0) is 9.53 Å². The predicted octanol–water partition coefficient (Wildman–Crippen LogP) is 2.51. The van der Waals surface area contributed by atoms with Crippen LogP contribution in [0.2, 0.25) is 0 Å². The van der Waals surface area contributed by atoms with Crippen molar-refractivity contribution in [3.63, 3.8) is 0 Å². The Hall–Kier alpha value is -2.24. The number of hydrogen-bond acceptors (Lipinski definition) is 5. The summed E-state index contributed by atoms with van der Waals surface area (Å²) in [6, 6.07) is 4.29. The zero-order valence-electron chi connectivity index (χ0n) is 13.8. The lowest BCUT2D eigenvalue weighted by Crippen LogP contribution is -2.42. The van der Waals surface area contributed by atoms with E-state index in [1.54, 1.807) is 18.2 Å². The van der Waals surface area contributed by atoms with Crippen molar-refractivity contribution in [2.45, 2.75) is 39.7 Å². The van der Waals surface area contributed by atoms with Crippen molar-refractivity contribution < 1.29 is 23.8 Å². The van der Waals surface area contributed by atoms with Crippen LogP contribution < -0.4 is 14.8 Å². The molecule has 1 atom stereocenters. The topological polar surface area (TPSA) is 73.9 Å². The summed E-state index contributed by atoms with van der Waals surface area (Å²) in [5.74, 6) is 0.678. The van der Waals surface area contributed by atoms with Crippen molar-refractivity contribution in [1.82, 2.24) is 5.32 Å². The number of amides is 1. The zero-order chi connectivity index (χ0) is 16.8. The second-order valence-electron chi connectivity index (χ2n) is 5.89. The van der Waals surface area contributed by atoms with E-state index in [1.807, 2.05) is 20.8 Å². The summed E-state index contributed by atoms with van der Waals surface area (Å²) in [5.41, 5.74) is 0.422. The SMILES string of the molecule is CCCOC(=O)C(CC(C)C)NC(=O)c1ccc2c(c1)OCO2. The molecule has 0 bridgehead atoms. The Kier molecular flexibility index (Phi) is 5.84. The summed E-state index contributed by atoms with van der Waals surface area (Å²) in [5, 5.41) is 2.75. The minimum atomic E-state index is -0.653. The Morgan fingerprint density at radius 2 is 2.00 bits per heavy atom. The number of esters is 1. The van der Waals surface area contributed by atoms with Crippen molar-refractivity contribution in [3.05, 3.63) is 23.8 Å². The van der Waals surface area contributed by atoms with Crippen LogP contribution >= 0.6 is 0 Å². The quantitative estimate of drug-likeness (QED) is 0.781. The van der Waals surface area contributed by atoms with Gasteiger partial charge in [-0.25, -0.2) is 4.79 Å². The number of ether oxygens (including phenoxy) is 3. The maximum absolute atomic E-state index is 12.4. The van der Waals surface area contributed by atoms with Crippen molar-refractivity contribution in [1.29, 1.82) is 0 Å². The van der Waals surface area contributed by atoms with E-state index in [9.17, 15) is 9.59 Å². The maximum atomic E-state index is 12.4. The number of hydrogen-bond donors (Lipinski definition) is 1. The van der Waals surface area contributed by atoms with Gasteiger partial charge in [-0.2, -0.15) is 0 Å². The highest BCUT2D eigenvalue weighted by Crippen LogP contribution is 2.32. The molecule has 1 unspecified atom stereocenters. The number of nitrogens with one attached hydrogen (secondary N) is 1. The van der Waals surface area contributed by atoms with Crippen LogP contribution in [0.1, 0.15) is 44.0 Å². The van der Waals surface area contributed by atoms with E-state index in [-0.39, 0.29) is 18.6 Å². The van der Waals surface area contributed by atoms with Gasteiger partial charge in [0.2, 0.25) is 6.79 Å². The summed E-state index contributed by atoms with van der Waals surface area (Å²) in [6.07, 6.45) is 1.27. The number of carbonyl (C=O) groups excluding carboxylic acids is 2. The van der Waals surface area contributed by atoms with E-state index >= 15 is 0 Å². The molecule has 1 aliphatic rings. The van der Waals surface area contributed by atoms with Crippen LogP contribution in [0, 0.1) is 5.92 Å². The average Bonchev–Trinajstić information content (AvgIpc) is 2.98. The molecule has 1 heterocycles. The lowest BCUT2D eigenvalue weighted by molar-refractivity contribution is -0.146. The standard InChI is InChI=1S/C17H23NO5/c1-4-7-21-17(20)13(8-11(2)3)18-16(19)12-5-6-14-15(9-12)23-10-22-14/h5-6,9,11,13H,4,7-8,10H2,1-3H3,(H,18,19). The second kappa shape index (κ2) is 7.85. The third-order valence-electron chi connectivity index (χ3n) is 3.38. The normalized spacial score (nSPS) is 13.7. The molecule has 0 radical (unpaired) electrons. The van der Waals surface area contributed by atoms with Gasteiger partial charge in [0.1, 0.15) is 6.04 Å². The molecule has 6 heteroatoms. The van der Waals surface area contributed by atoms with Gasteiger partial charge in [-0.05, 0) is 37.0 Å². The fourth-order valence-corrected chi connectivity index (χ4v) is 2.27. The lowest BCUT2D eigenvalue weighted by Gasteiger charge is -2.19. The van der Waals surface area contributed by atoms with Crippen LogP contribution in [0.3, 0.4) is 0 Å². The van der Waals surface area contributed by atoms with E-state index < -0.39 is 12.0 Å². The zero-order valence-corrected chi connectivity index (χ0v) is 13.8. The molecule has 2 rings (SSSR count). The summed E-state index contributed by atoms with van der Waals surface area (Å²) < 4.78 is 15.7. The van der Waals surface area contributed by atoms with Gasteiger partial charge < -0.3 is 19.5 Å². The van der Waals surface area contributed by atoms with Crippen LogP contribution in [0.25, 0.3) is 0 Å². The van der Waals surface area contributed by atoms with Crippen LogP contribution in [0.15, 0.2) is 18.2 Å². The first-order valence-electron chi connectivity index (χ1n) is 7.88. The van der Waals surface area contributed by atoms with Gasteiger partial charge in [0.05, 0.1) is 6.61 Å². The minimum absolute atomic E-state index is 0.153. The molecule has 1 aliphatic heterocycles. The summed E-state index contributed by atoms with van der Waals surface area (Å²) in [7, 11) is 0. The van der Waals surface area contributed by atoms with Crippen molar-refractivity contribution in [2.24, 2.45) is 5.92 Å². The summed E-state index contributed by atoms with van der Waals surface area (Å²) >= 11 is 0. The fraction of sp³-hybridized carbons (Fsp3) is 0.529. The van der Waals surface area contributed by atoms with Crippen LogP contribution in [0.4, 0.5) is 0 Å². The van der Waals surface area contributed by atoms with Crippen LogP contribution in [0.5, 0.6) is 11.5 Å². The Labute approximate surface area is 136 Å². The van der Waals surface area contributed by atoms with Crippen molar-refractivity contribution >= 4 is 11.9 Å². The summed E-state index contributed by atoms with van der Waals surface area (Å²) in [4.78, 5) is 24.5. The number of carbonyl (C=O) groups is 2. The lowest BCUT2D eigenvalue weighted by atomic mass is 10.0. The van der Waals surface area contributed by atoms with E-state index in [0.717, 1.165) is 6.42 Å². The third kappa shape index (κ3) is 4.61. The monoisotopic (exact) mass is 321 g/mol. The fourth-order valence-electron chi connectivity index (χ4n) is 2.27. The van der Waals surface area contributed by atoms with E-state index in [1.165, 1.54) is 0 Å². The molecular formula is C17H23NO5. The van der Waals surface area contributed by atoms with Gasteiger partial charge in [0, 0.05) is 5.56 Å². The Balaban J connectivity index is 2.05. The number of fused-ring (bicyclic) bond motifs is 1. The smallest absolute Gasteiger partial charge is 0.328 e. The summed E-state index contributed by atoms with van der Waals surface area (Å²) in [6.45, 7) is 6.42. The van der Waals surface area contributed by atoms with Gasteiger partial charge >= 0.3 is 5.97 Å². The average molecular weight is 321 g/mol. The van der Waals surface area contributed by atoms with Crippen molar-refractivity contribution in [2.75, 3.05) is 13.4 Å². The highest BCUT2D eigenvalue weighted by atomic mass is 16.7. The molecule has 126 valence electrons. The molecule has 0 fully saturated rings. The Morgan fingerprint density at radius 3 is 2.70 bits per heavy atom. The first-order valence-corrected chi connectivity index (χ1v) is 7.88. The number of benzene rings is 1. The molecule has 0 saturated carbocycles. The molecule has 0 spiro atoms. The van der Waals surface area contributed by atoms with Crippen molar-refractivity contribution in [3.8, 4) is 11.5 Å². The highest BCUT2D eigenvalue weighted by Gasteiger charge is 2.25. The molecule has 23 heavy (non-hydrogen) atoms. The first-order chi connectivity index (χ1) is 11.0. The second-order valence-corrected chi connectivity index (χ2v) is 5.89. The molecule has 0 aliphatic carbocycles. The molecule has 6 nitrogen and oxygen atoms in total. The molecular weight excluding hydrogens is 298 g/mol. The molecule has 0 saturated heterocycles. The van der Waals surface area contributed by atoms with E-state index in [0.29, 0.717) is 30.1 Å². The van der Waals surface area contributed by atoms with E-state index in [2.05, 4.69) is 5.32 Å². The molecule has 1 amide bonds. The maximum Gasteiger partial charge on any atom is 0.328 e. The highest BCUT2D eigenvalue weighted by molar-refractivity contribution is 5.97. The van der Waals surface area contributed by atoms with Gasteiger partial charge in [-0.1, -0.05) is 20.8 Å². The third-order valence-corrected chi connectivity index (χ3v) is 3.38. The van der Waals surface area contributed by atoms with Gasteiger partial charge in [0.25, 0.3) is 5.91 Å². The molecule has 0 aromatic heterocycles. The first kappa shape index (κ1) is 17.1. The Morgan fingerprint density at radius 1 is 1.26 bits per heavy atom. The Bertz CT molecular complexity index is 570. The van der Waals surface area contributed by atoms with Crippen LogP contribution in [-0.4, -0.2) is 31.3 Å².